The maximum absolute atomic E-state index is 13.4. The van der Waals surface area contributed by atoms with Gasteiger partial charge in [0.1, 0.15) is 17.9 Å². The average Bonchev–Trinajstić information content (AvgIpc) is 2.99. The Morgan fingerprint density at radius 3 is 2.53 bits per heavy atom. The predicted molar refractivity (Wildman–Crippen MR) is 112 cm³/mol. The van der Waals surface area contributed by atoms with E-state index >= 15 is 0 Å². The first-order valence-corrected chi connectivity index (χ1v) is 10.8. The standard InChI is InChI=1S/C23H30FN3O3/c1-3-5-15-23(17-11-13-18(24)14-12-17)21(29)27(22(30)25-23)16-20(28)26(4-2)19-9-7-6-8-10-19/h9,11-14H,3-8,10,15-16H2,1-2H3,(H,25,30)/t23-/m0/s1. The quantitative estimate of drug-likeness (QED) is 0.651. The zero-order valence-electron chi connectivity index (χ0n) is 17.7. The summed E-state index contributed by atoms with van der Waals surface area (Å²) in [5, 5.41) is 2.81. The smallest absolute Gasteiger partial charge is 0.319 e. The Morgan fingerprint density at radius 2 is 1.93 bits per heavy atom. The molecular weight excluding hydrogens is 385 g/mol. The van der Waals surface area contributed by atoms with Gasteiger partial charge in [-0.2, -0.15) is 0 Å². The summed E-state index contributed by atoms with van der Waals surface area (Å²) in [4.78, 5) is 41.8. The lowest BCUT2D eigenvalue weighted by molar-refractivity contribution is -0.138. The fourth-order valence-electron chi connectivity index (χ4n) is 4.28. The molecule has 0 aromatic heterocycles. The Labute approximate surface area is 177 Å². The van der Waals surface area contributed by atoms with Gasteiger partial charge in [-0.3, -0.25) is 14.5 Å². The molecule has 0 saturated carbocycles. The van der Waals surface area contributed by atoms with E-state index in [-0.39, 0.29) is 12.5 Å². The Balaban J connectivity index is 1.84. The van der Waals surface area contributed by atoms with Crippen molar-refractivity contribution in [2.24, 2.45) is 0 Å². The normalized spacial score (nSPS) is 21.4. The second-order valence-corrected chi connectivity index (χ2v) is 7.92. The molecule has 7 heteroatoms. The molecule has 0 unspecified atom stereocenters. The molecule has 1 aromatic carbocycles. The van der Waals surface area contributed by atoms with Crippen LogP contribution in [0.1, 0.15) is 64.4 Å². The second kappa shape index (κ2) is 9.41. The molecule has 30 heavy (non-hydrogen) atoms. The van der Waals surface area contributed by atoms with Gasteiger partial charge in [-0.15, -0.1) is 0 Å². The third-order valence-corrected chi connectivity index (χ3v) is 5.94. The average molecular weight is 416 g/mol. The maximum atomic E-state index is 13.4. The van der Waals surface area contributed by atoms with Gasteiger partial charge in [0.15, 0.2) is 0 Å². The van der Waals surface area contributed by atoms with E-state index in [1.165, 1.54) is 24.3 Å². The molecule has 0 spiro atoms. The molecule has 4 amide bonds. The van der Waals surface area contributed by atoms with Gasteiger partial charge in [0.05, 0.1) is 0 Å². The summed E-state index contributed by atoms with van der Waals surface area (Å²) in [6.45, 7) is 4.08. The fourth-order valence-corrected chi connectivity index (χ4v) is 4.28. The zero-order chi connectivity index (χ0) is 21.7. The van der Waals surface area contributed by atoms with Crippen molar-refractivity contribution in [2.45, 2.75) is 64.3 Å². The van der Waals surface area contributed by atoms with Gasteiger partial charge in [-0.25, -0.2) is 9.18 Å². The molecule has 1 aliphatic heterocycles. The molecule has 0 bridgehead atoms. The number of urea groups is 1. The molecule has 162 valence electrons. The minimum absolute atomic E-state index is 0.264. The largest absolute Gasteiger partial charge is 0.325 e. The highest BCUT2D eigenvalue weighted by Gasteiger charge is 2.52. The van der Waals surface area contributed by atoms with E-state index < -0.39 is 23.3 Å². The Bertz CT molecular complexity index is 837. The van der Waals surface area contributed by atoms with Crippen LogP contribution in [0.25, 0.3) is 0 Å². The van der Waals surface area contributed by atoms with Crippen LogP contribution in [0.3, 0.4) is 0 Å². The molecule has 0 radical (unpaired) electrons. The van der Waals surface area contributed by atoms with Gasteiger partial charge in [0.2, 0.25) is 5.91 Å². The lowest BCUT2D eigenvalue weighted by atomic mass is 9.85. The van der Waals surface area contributed by atoms with Crippen LogP contribution in [0.5, 0.6) is 0 Å². The van der Waals surface area contributed by atoms with E-state index in [2.05, 4.69) is 11.4 Å². The molecule has 1 aromatic rings. The first-order chi connectivity index (χ1) is 14.4. The SMILES string of the molecule is CCCC[C@@]1(c2ccc(F)cc2)NC(=O)N(CC(=O)N(CC)C2=CCCCC2)C1=O. The first-order valence-electron chi connectivity index (χ1n) is 10.8. The first kappa shape index (κ1) is 22.0. The Morgan fingerprint density at radius 1 is 1.20 bits per heavy atom. The van der Waals surface area contributed by atoms with Crippen molar-refractivity contribution in [1.82, 2.24) is 15.1 Å². The summed E-state index contributed by atoms with van der Waals surface area (Å²) >= 11 is 0. The third kappa shape index (κ3) is 4.25. The number of imide groups is 1. The van der Waals surface area contributed by atoms with Crippen LogP contribution in [-0.2, 0) is 15.1 Å². The van der Waals surface area contributed by atoms with Gasteiger partial charge in [-0.05, 0) is 56.7 Å². The Kier molecular flexibility index (Phi) is 6.90. The predicted octanol–water partition coefficient (Wildman–Crippen LogP) is 4.07. The number of likely N-dealkylation sites (N-methyl/N-ethyl adjacent to an activating group) is 1. The van der Waals surface area contributed by atoms with Gasteiger partial charge in [0, 0.05) is 12.2 Å². The van der Waals surface area contributed by atoms with Crippen LogP contribution in [0.2, 0.25) is 0 Å². The van der Waals surface area contributed by atoms with E-state index in [0.717, 1.165) is 42.7 Å². The number of halogens is 1. The molecule has 2 aliphatic rings. The number of carbonyl (C=O) groups excluding carboxylic acids is 3. The number of benzene rings is 1. The summed E-state index contributed by atoms with van der Waals surface area (Å²) in [5.41, 5.74) is 0.243. The van der Waals surface area contributed by atoms with Crippen molar-refractivity contribution in [2.75, 3.05) is 13.1 Å². The lowest BCUT2D eigenvalue weighted by Crippen LogP contribution is -2.45. The monoisotopic (exact) mass is 415 g/mol. The number of nitrogens with one attached hydrogen (secondary N) is 1. The molecule has 6 nitrogen and oxygen atoms in total. The highest BCUT2D eigenvalue weighted by Crippen LogP contribution is 2.34. The summed E-state index contributed by atoms with van der Waals surface area (Å²) in [7, 11) is 0. The van der Waals surface area contributed by atoms with Gasteiger partial charge in [-0.1, -0.05) is 38.0 Å². The molecule has 1 fully saturated rings. The highest BCUT2D eigenvalue weighted by molar-refractivity contribution is 6.09. The van der Waals surface area contributed by atoms with Crippen molar-refractivity contribution in [3.63, 3.8) is 0 Å². The summed E-state index contributed by atoms with van der Waals surface area (Å²) < 4.78 is 13.4. The van der Waals surface area contributed by atoms with E-state index in [1.807, 2.05) is 13.8 Å². The van der Waals surface area contributed by atoms with Crippen LogP contribution in [0.15, 0.2) is 36.0 Å². The van der Waals surface area contributed by atoms with Crippen LogP contribution in [-0.4, -0.2) is 40.7 Å². The number of amides is 4. The third-order valence-electron chi connectivity index (χ3n) is 5.94. The summed E-state index contributed by atoms with van der Waals surface area (Å²) in [6, 6.07) is 5.04. The van der Waals surface area contributed by atoms with E-state index in [1.54, 1.807) is 4.90 Å². The highest BCUT2D eigenvalue weighted by atomic mass is 19.1. The fraction of sp³-hybridized carbons (Fsp3) is 0.522. The number of unbranched alkanes of at least 4 members (excludes halogenated alkanes) is 1. The molecule has 1 aliphatic carbocycles. The van der Waals surface area contributed by atoms with E-state index in [9.17, 15) is 18.8 Å². The van der Waals surface area contributed by atoms with Crippen LogP contribution in [0.4, 0.5) is 9.18 Å². The number of hydrogen-bond acceptors (Lipinski definition) is 3. The maximum Gasteiger partial charge on any atom is 0.325 e. The number of rotatable bonds is 8. The Hall–Kier alpha value is -2.70. The van der Waals surface area contributed by atoms with Gasteiger partial charge >= 0.3 is 6.03 Å². The van der Waals surface area contributed by atoms with Crippen LogP contribution in [0, 0.1) is 5.82 Å². The number of allylic oxidation sites excluding steroid dienone is 2. The van der Waals surface area contributed by atoms with Crippen molar-refractivity contribution in [1.29, 1.82) is 0 Å². The molecule has 1 atom stereocenters. The van der Waals surface area contributed by atoms with Crippen molar-refractivity contribution in [3.05, 3.63) is 47.4 Å². The minimum atomic E-state index is -1.26. The topological polar surface area (TPSA) is 69.7 Å². The van der Waals surface area contributed by atoms with E-state index in [0.29, 0.717) is 24.9 Å². The van der Waals surface area contributed by atoms with Gasteiger partial charge < -0.3 is 10.2 Å². The van der Waals surface area contributed by atoms with Crippen LogP contribution >= 0.6 is 0 Å². The molecule has 3 rings (SSSR count). The van der Waals surface area contributed by atoms with E-state index in [4.69, 9.17) is 0 Å². The van der Waals surface area contributed by atoms with Gasteiger partial charge in [0.25, 0.3) is 5.91 Å². The number of nitrogens with zero attached hydrogens (tertiary/aromatic N) is 2. The number of carbonyl (C=O) groups is 3. The van der Waals surface area contributed by atoms with Crippen LogP contribution < -0.4 is 5.32 Å². The number of hydrogen-bond donors (Lipinski definition) is 1. The molecule has 1 heterocycles. The summed E-state index contributed by atoms with van der Waals surface area (Å²) in [6.07, 6.45) is 7.92. The molecule has 1 saturated heterocycles. The second-order valence-electron chi connectivity index (χ2n) is 7.92. The van der Waals surface area contributed by atoms with Crippen molar-refractivity contribution >= 4 is 17.8 Å². The van der Waals surface area contributed by atoms with Crippen molar-refractivity contribution in [3.8, 4) is 0 Å². The molecular formula is C23H30FN3O3. The molecule has 1 N–H and O–H groups in total. The zero-order valence-corrected chi connectivity index (χ0v) is 17.7. The van der Waals surface area contributed by atoms with Crippen molar-refractivity contribution < 1.29 is 18.8 Å². The lowest BCUT2D eigenvalue weighted by Gasteiger charge is -2.29. The minimum Gasteiger partial charge on any atom is -0.319 e. The summed E-state index contributed by atoms with van der Waals surface area (Å²) in [5.74, 6) is -1.12.